The van der Waals surface area contributed by atoms with Crippen molar-refractivity contribution in [2.75, 3.05) is 11.4 Å². The predicted molar refractivity (Wildman–Crippen MR) is 109 cm³/mol. The van der Waals surface area contributed by atoms with Crippen LogP contribution in [0.3, 0.4) is 0 Å². The van der Waals surface area contributed by atoms with Gasteiger partial charge in [-0.15, -0.1) is 0 Å². The van der Waals surface area contributed by atoms with Crippen LogP contribution < -0.4 is 4.90 Å². The maximum atomic E-state index is 12.9. The van der Waals surface area contributed by atoms with Crippen LogP contribution in [-0.4, -0.2) is 40.1 Å². The molecule has 2 amide bonds. The Morgan fingerprint density at radius 2 is 1.79 bits per heavy atom. The number of piperidine rings is 1. The number of amides is 2. The molecule has 1 aromatic rings. The number of hydrogen-bond acceptors (Lipinski definition) is 4. The summed E-state index contributed by atoms with van der Waals surface area (Å²) in [5.74, 6) is 0.741. The zero-order valence-corrected chi connectivity index (χ0v) is 17.6. The third-order valence-electron chi connectivity index (χ3n) is 5.59. The van der Waals surface area contributed by atoms with E-state index in [9.17, 15) is 9.59 Å². The molecule has 1 aliphatic heterocycles. The van der Waals surface area contributed by atoms with Crippen molar-refractivity contribution in [2.24, 2.45) is 0 Å². The number of likely N-dealkylation sites (tertiary alicyclic amines) is 1. The molecule has 154 valence electrons. The highest BCUT2D eigenvalue weighted by atomic mass is 16.6. The maximum Gasteiger partial charge on any atom is 0.416 e. The van der Waals surface area contributed by atoms with E-state index in [2.05, 4.69) is 4.98 Å². The summed E-state index contributed by atoms with van der Waals surface area (Å²) in [5.41, 5.74) is 0.493. The monoisotopic (exact) mass is 387 g/mol. The predicted octanol–water partition coefficient (Wildman–Crippen LogP) is 4.84. The Morgan fingerprint density at radius 3 is 2.36 bits per heavy atom. The molecule has 2 heterocycles. The Balaban J connectivity index is 1.83. The van der Waals surface area contributed by atoms with Gasteiger partial charge in [-0.25, -0.2) is 9.78 Å². The average Bonchev–Trinajstić information content (AvgIpc) is 3.15. The molecule has 28 heavy (non-hydrogen) atoms. The Bertz CT molecular complexity index is 690. The molecule has 6 nitrogen and oxygen atoms in total. The van der Waals surface area contributed by atoms with Crippen molar-refractivity contribution in [1.29, 1.82) is 0 Å². The molecule has 3 rings (SSSR count). The van der Waals surface area contributed by atoms with Crippen LogP contribution in [0.5, 0.6) is 0 Å². The van der Waals surface area contributed by atoms with Crippen LogP contribution >= 0.6 is 0 Å². The summed E-state index contributed by atoms with van der Waals surface area (Å²) in [5, 5.41) is 0. The van der Waals surface area contributed by atoms with Crippen LogP contribution in [0.15, 0.2) is 18.3 Å². The fraction of sp³-hybridized carbons (Fsp3) is 0.682. The fourth-order valence-corrected chi connectivity index (χ4v) is 4.30. The lowest BCUT2D eigenvalue weighted by Crippen LogP contribution is -2.43. The van der Waals surface area contributed by atoms with Crippen molar-refractivity contribution in [3.63, 3.8) is 0 Å². The molecule has 0 N–H and O–H groups in total. The molecule has 1 aromatic heterocycles. The molecule has 0 spiro atoms. The third kappa shape index (κ3) is 4.83. The minimum Gasteiger partial charge on any atom is -0.443 e. The second-order valence-corrected chi connectivity index (χ2v) is 8.96. The zero-order valence-electron chi connectivity index (χ0n) is 17.6. The number of carbonyl (C=O) groups excluding carboxylic acids is 2. The van der Waals surface area contributed by atoms with Gasteiger partial charge in [0.05, 0.1) is 6.04 Å². The van der Waals surface area contributed by atoms with Crippen molar-refractivity contribution in [3.05, 3.63) is 23.9 Å². The molecule has 1 atom stereocenters. The minimum atomic E-state index is -0.544. The summed E-state index contributed by atoms with van der Waals surface area (Å²) in [7, 11) is 0. The van der Waals surface area contributed by atoms with Gasteiger partial charge in [0.2, 0.25) is 5.91 Å². The Labute approximate surface area is 168 Å². The van der Waals surface area contributed by atoms with E-state index < -0.39 is 5.60 Å². The largest absolute Gasteiger partial charge is 0.443 e. The molecule has 1 aliphatic carbocycles. The number of anilines is 1. The maximum absolute atomic E-state index is 12.9. The van der Waals surface area contributed by atoms with Crippen molar-refractivity contribution in [3.8, 4) is 0 Å². The first-order valence-corrected chi connectivity index (χ1v) is 10.5. The van der Waals surface area contributed by atoms with Crippen LogP contribution in [0.1, 0.15) is 84.2 Å². The van der Waals surface area contributed by atoms with Gasteiger partial charge in [-0.3, -0.25) is 9.69 Å². The quantitative estimate of drug-likeness (QED) is 0.744. The van der Waals surface area contributed by atoms with E-state index >= 15 is 0 Å². The SMILES string of the molecule is CC(=O)N1CCCC[C@H]1c1ccc(N(C(=O)OC(C)(C)C)C2CCCC2)nc1. The number of pyridine rings is 1. The normalized spacial score (nSPS) is 20.9. The second-order valence-electron chi connectivity index (χ2n) is 8.96. The number of ether oxygens (including phenoxy) is 1. The lowest BCUT2D eigenvalue weighted by Gasteiger charge is -2.35. The van der Waals surface area contributed by atoms with Crippen LogP contribution in [0.2, 0.25) is 0 Å². The van der Waals surface area contributed by atoms with E-state index in [1.807, 2.05) is 44.0 Å². The van der Waals surface area contributed by atoms with E-state index in [0.29, 0.717) is 5.82 Å². The van der Waals surface area contributed by atoms with E-state index in [-0.39, 0.29) is 24.1 Å². The molecule has 1 saturated heterocycles. The van der Waals surface area contributed by atoms with Gasteiger partial charge in [0, 0.05) is 25.7 Å². The Hall–Kier alpha value is -2.11. The second kappa shape index (κ2) is 8.50. The van der Waals surface area contributed by atoms with Gasteiger partial charge >= 0.3 is 6.09 Å². The highest BCUT2D eigenvalue weighted by Crippen LogP contribution is 2.33. The number of hydrogen-bond donors (Lipinski definition) is 0. The lowest BCUT2D eigenvalue weighted by molar-refractivity contribution is -0.132. The average molecular weight is 388 g/mol. The summed E-state index contributed by atoms with van der Waals surface area (Å²) in [6, 6.07) is 4.14. The van der Waals surface area contributed by atoms with Gasteiger partial charge in [-0.05, 0) is 64.5 Å². The summed E-state index contributed by atoms with van der Waals surface area (Å²) in [6.07, 6.45) is 8.81. The first kappa shape index (κ1) is 20.6. The van der Waals surface area contributed by atoms with Gasteiger partial charge in [0.15, 0.2) is 0 Å². The van der Waals surface area contributed by atoms with Crippen LogP contribution in [0.25, 0.3) is 0 Å². The molecule has 6 heteroatoms. The van der Waals surface area contributed by atoms with Crippen molar-refractivity contribution in [2.45, 2.75) is 90.3 Å². The van der Waals surface area contributed by atoms with E-state index in [4.69, 9.17) is 4.74 Å². The van der Waals surface area contributed by atoms with E-state index in [1.165, 1.54) is 0 Å². The first-order chi connectivity index (χ1) is 13.3. The molecule has 1 saturated carbocycles. The Morgan fingerprint density at radius 1 is 1.11 bits per heavy atom. The molecule has 2 fully saturated rings. The number of rotatable bonds is 3. The topological polar surface area (TPSA) is 62.7 Å². The van der Waals surface area contributed by atoms with E-state index in [1.54, 1.807) is 11.8 Å². The summed E-state index contributed by atoms with van der Waals surface area (Å²) < 4.78 is 5.66. The van der Waals surface area contributed by atoms with Crippen molar-refractivity contribution < 1.29 is 14.3 Å². The standard InChI is InChI=1S/C22H33N3O3/c1-16(26)24-14-8-7-11-19(24)17-12-13-20(23-15-17)25(18-9-5-6-10-18)21(27)28-22(2,3)4/h12-13,15,18-19H,5-11,14H2,1-4H3/t19-/m0/s1. The van der Waals surface area contributed by atoms with Gasteiger partial charge in [0.25, 0.3) is 0 Å². The molecule has 0 aromatic carbocycles. The van der Waals surface area contributed by atoms with E-state index in [0.717, 1.165) is 57.1 Å². The molecule has 2 aliphatic rings. The smallest absolute Gasteiger partial charge is 0.416 e. The fourth-order valence-electron chi connectivity index (χ4n) is 4.30. The summed E-state index contributed by atoms with van der Waals surface area (Å²) >= 11 is 0. The van der Waals surface area contributed by atoms with Gasteiger partial charge in [0.1, 0.15) is 11.4 Å². The van der Waals surface area contributed by atoms with Gasteiger partial charge in [-0.1, -0.05) is 18.9 Å². The number of nitrogens with zero attached hydrogens (tertiary/aromatic N) is 3. The minimum absolute atomic E-state index is 0.0780. The van der Waals surface area contributed by atoms with Crippen LogP contribution in [0, 0.1) is 0 Å². The highest BCUT2D eigenvalue weighted by molar-refractivity contribution is 5.87. The molecular formula is C22H33N3O3. The molecule has 0 radical (unpaired) electrons. The number of carbonyl (C=O) groups is 2. The zero-order chi connectivity index (χ0) is 20.3. The van der Waals surface area contributed by atoms with Gasteiger partial charge < -0.3 is 9.64 Å². The summed E-state index contributed by atoms with van der Waals surface area (Å²) in [6.45, 7) is 8.08. The van der Waals surface area contributed by atoms with Gasteiger partial charge in [-0.2, -0.15) is 0 Å². The highest BCUT2D eigenvalue weighted by Gasteiger charge is 2.33. The third-order valence-corrected chi connectivity index (χ3v) is 5.59. The number of aromatic nitrogens is 1. The van der Waals surface area contributed by atoms with Crippen LogP contribution in [-0.2, 0) is 9.53 Å². The molecule has 0 bridgehead atoms. The first-order valence-electron chi connectivity index (χ1n) is 10.5. The van der Waals surface area contributed by atoms with Crippen molar-refractivity contribution in [1.82, 2.24) is 9.88 Å². The molecular weight excluding hydrogens is 354 g/mol. The van der Waals surface area contributed by atoms with Crippen molar-refractivity contribution >= 4 is 17.8 Å². The Kier molecular flexibility index (Phi) is 6.26. The molecule has 0 unspecified atom stereocenters. The van der Waals surface area contributed by atoms with Crippen LogP contribution in [0.4, 0.5) is 10.6 Å². The summed E-state index contributed by atoms with van der Waals surface area (Å²) in [4.78, 5) is 33.2. The lowest BCUT2D eigenvalue weighted by atomic mass is 9.96.